The first-order valence-corrected chi connectivity index (χ1v) is 9.80. The van der Waals surface area contributed by atoms with Crippen LogP contribution in [0.5, 0.6) is 5.75 Å². The number of nitrogens with zero attached hydrogens (tertiary/aromatic N) is 3. The number of piperazine rings is 1. The van der Waals surface area contributed by atoms with E-state index >= 15 is 0 Å². The van der Waals surface area contributed by atoms with Crippen LogP contribution in [0.1, 0.15) is 32.3 Å². The van der Waals surface area contributed by atoms with E-state index < -0.39 is 0 Å². The van der Waals surface area contributed by atoms with E-state index in [4.69, 9.17) is 4.74 Å². The third-order valence-electron chi connectivity index (χ3n) is 5.96. The van der Waals surface area contributed by atoms with Crippen LogP contribution >= 0.6 is 0 Å². The number of piperidine rings is 1. The second-order valence-corrected chi connectivity index (χ2v) is 8.22. The van der Waals surface area contributed by atoms with Gasteiger partial charge in [0.1, 0.15) is 11.3 Å². The predicted octanol–water partition coefficient (Wildman–Crippen LogP) is 2.46. The lowest BCUT2D eigenvalue weighted by atomic mass is 9.82. The summed E-state index contributed by atoms with van der Waals surface area (Å²) in [5, 5.41) is 0. The monoisotopic (exact) mass is 359 g/mol. The van der Waals surface area contributed by atoms with Crippen LogP contribution in [-0.4, -0.2) is 73.0 Å². The van der Waals surface area contributed by atoms with Crippen LogP contribution in [-0.2, 0) is 11.3 Å². The molecule has 0 N–H and O–H groups in total. The van der Waals surface area contributed by atoms with Crippen molar-refractivity contribution in [3.63, 3.8) is 0 Å². The second-order valence-electron chi connectivity index (χ2n) is 8.22. The van der Waals surface area contributed by atoms with Crippen LogP contribution in [0.15, 0.2) is 24.3 Å². The zero-order valence-corrected chi connectivity index (χ0v) is 16.7. The van der Waals surface area contributed by atoms with Gasteiger partial charge in [0.2, 0.25) is 5.91 Å². The highest BCUT2D eigenvalue weighted by atomic mass is 16.5. The molecule has 1 aromatic carbocycles. The minimum absolute atomic E-state index is 0.288. The van der Waals surface area contributed by atoms with E-state index in [0.29, 0.717) is 11.8 Å². The quantitative estimate of drug-likeness (QED) is 0.809. The van der Waals surface area contributed by atoms with Gasteiger partial charge in [0, 0.05) is 39.3 Å². The van der Waals surface area contributed by atoms with Crippen molar-refractivity contribution in [3.05, 3.63) is 29.8 Å². The maximum absolute atomic E-state index is 13.2. The molecule has 2 heterocycles. The number of likely N-dealkylation sites (N-methyl/N-ethyl adjacent to an activating group) is 1. The maximum atomic E-state index is 13.2. The van der Waals surface area contributed by atoms with Crippen molar-refractivity contribution >= 4 is 5.91 Å². The van der Waals surface area contributed by atoms with Crippen LogP contribution in [0.3, 0.4) is 0 Å². The van der Waals surface area contributed by atoms with Crippen LogP contribution in [0.2, 0.25) is 0 Å². The summed E-state index contributed by atoms with van der Waals surface area (Å²) in [5.41, 5.74) is 1.01. The molecule has 2 aliphatic rings. The maximum Gasteiger partial charge on any atom is 0.243 e. The zero-order chi connectivity index (χ0) is 18.7. The van der Waals surface area contributed by atoms with Crippen LogP contribution < -0.4 is 4.74 Å². The van der Waals surface area contributed by atoms with Crippen molar-refractivity contribution in [1.29, 1.82) is 0 Å². The van der Waals surface area contributed by atoms with E-state index in [1.165, 1.54) is 5.56 Å². The van der Waals surface area contributed by atoms with Crippen molar-refractivity contribution in [2.24, 2.45) is 5.92 Å². The molecule has 144 valence electrons. The molecule has 1 aromatic rings. The molecule has 26 heavy (non-hydrogen) atoms. The number of hydrogen-bond donors (Lipinski definition) is 0. The van der Waals surface area contributed by atoms with Gasteiger partial charge in [-0.2, -0.15) is 0 Å². The number of carbonyl (C=O) groups excluding carboxylic acids is 1. The summed E-state index contributed by atoms with van der Waals surface area (Å²) in [6.07, 6.45) is 1.85. The van der Waals surface area contributed by atoms with Gasteiger partial charge in [-0.05, 0) is 43.5 Å². The predicted molar refractivity (Wildman–Crippen MR) is 104 cm³/mol. The highest BCUT2D eigenvalue weighted by Crippen LogP contribution is 2.33. The summed E-state index contributed by atoms with van der Waals surface area (Å²) in [6.45, 7) is 9.99. The molecule has 0 aromatic heterocycles. The number of carbonyl (C=O) groups is 1. The third-order valence-corrected chi connectivity index (χ3v) is 5.96. The van der Waals surface area contributed by atoms with Crippen molar-refractivity contribution in [2.45, 2.75) is 38.8 Å². The van der Waals surface area contributed by atoms with Gasteiger partial charge in [0.25, 0.3) is 0 Å². The molecule has 2 aliphatic heterocycles. The van der Waals surface area contributed by atoms with E-state index in [9.17, 15) is 4.79 Å². The molecule has 0 bridgehead atoms. The van der Waals surface area contributed by atoms with Crippen molar-refractivity contribution in [3.8, 4) is 5.75 Å². The lowest BCUT2D eigenvalue weighted by molar-refractivity contribution is -0.155. The molecule has 0 atom stereocenters. The second kappa shape index (κ2) is 7.97. The average molecular weight is 360 g/mol. The fraction of sp³-hybridized carbons (Fsp3) is 0.667. The largest absolute Gasteiger partial charge is 0.497 e. The Hall–Kier alpha value is -1.59. The highest BCUT2D eigenvalue weighted by molar-refractivity contribution is 5.87. The fourth-order valence-corrected chi connectivity index (χ4v) is 4.32. The number of benzene rings is 1. The summed E-state index contributed by atoms with van der Waals surface area (Å²) in [6, 6.07) is 8.29. The summed E-state index contributed by atoms with van der Waals surface area (Å²) >= 11 is 0. The van der Waals surface area contributed by atoms with Gasteiger partial charge in [-0.1, -0.05) is 26.0 Å². The van der Waals surface area contributed by atoms with E-state index in [2.05, 4.69) is 47.7 Å². The molecule has 0 radical (unpaired) electrons. The smallest absolute Gasteiger partial charge is 0.243 e. The van der Waals surface area contributed by atoms with E-state index in [1.54, 1.807) is 7.11 Å². The topological polar surface area (TPSA) is 36.0 Å². The lowest BCUT2D eigenvalue weighted by Crippen LogP contribution is -2.67. The van der Waals surface area contributed by atoms with Crippen LogP contribution in [0.25, 0.3) is 0 Å². The Balaban J connectivity index is 1.62. The Morgan fingerprint density at radius 3 is 2.31 bits per heavy atom. The Morgan fingerprint density at radius 2 is 1.73 bits per heavy atom. The van der Waals surface area contributed by atoms with Crippen LogP contribution in [0.4, 0.5) is 0 Å². The first-order valence-electron chi connectivity index (χ1n) is 9.80. The van der Waals surface area contributed by atoms with E-state index in [0.717, 1.165) is 57.9 Å². The molecule has 2 fully saturated rings. The molecule has 0 unspecified atom stereocenters. The number of amides is 1. The summed E-state index contributed by atoms with van der Waals surface area (Å²) in [5.74, 6) is 1.77. The summed E-state index contributed by atoms with van der Waals surface area (Å²) in [7, 11) is 3.82. The van der Waals surface area contributed by atoms with E-state index in [1.807, 2.05) is 12.1 Å². The number of likely N-dealkylation sites (tertiary alicyclic amines) is 1. The average Bonchev–Trinajstić information content (AvgIpc) is 2.64. The standard InChI is InChI=1S/C21H33N3O2/c1-17(2)15-24-14-13-22(3)21(20(24)25)9-11-23(12-10-21)16-18-5-7-19(26-4)8-6-18/h5-8,17H,9-16H2,1-4H3. The van der Waals surface area contributed by atoms with Crippen molar-refractivity contribution in [2.75, 3.05) is 46.9 Å². The summed E-state index contributed by atoms with van der Waals surface area (Å²) < 4.78 is 5.23. The minimum atomic E-state index is -0.288. The molecule has 5 nitrogen and oxygen atoms in total. The van der Waals surface area contributed by atoms with Gasteiger partial charge in [-0.3, -0.25) is 14.6 Å². The SMILES string of the molecule is COc1ccc(CN2CCC3(CC2)C(=O)N(CC(C)C)CCN3C)cc1. The first kappa shape index (κ1) is 19.2. The molecule has 0 aliphatic carbocycles. The Labute approximate surface area is 157 Å². The fourth-order valence-electron chi connectivity index (χ4n) is 4.32. The molecular weight excluding hydrogens is 326 g/mol. The van der Waals surface area contributed by atoms with Crippen LogP contribution in [0, 0.1) is 5.92 Å². The molecule has 2 saturated heterocycles. The normalized spacial score (nSPS) is 21.6. The molecular formula is C21H33N3O2. The van der Waals surface area contributed by atoms with Gasteiger partial charge < -0.3 is 9.64 Å². The van der Waals surface area contributed by atoms with Gasteiger partial charge >= 0.3 is 0 Å². The lowest BCUT2D eigenvalue weighted by Gasteiger charge is -2.52. The first-order chi connectivity index (χ1) is 12.4. The Bertz CT molecular complexity index is 606. The van der Waals surface area contributed by atoms with Gasteiger partial charge in [0.05, 0.1) is 7.11 Å². The van der Waals surface area contributed by atoms with Crippen molar-refractivity contribution in [1.82, 2.24) is 14.7 Å². The third kappa shape index (κ3) is 3.89. The molecule has 1 amide bonds. The zero-order valence-electron chi connectivity index (χ0n) is 16.7. The number of methoxy groups -OCH3 is 1. The van der Waals surface area contributed by atoms with E-state index in [-0.39, 0.29) is 5.54 Å². The Kier molecular flexibility index (Phi) is 5.88. The molecule has 1 spiro atoms. The highest BCUT2D eigenvalue weighted by Gasteiger charge is 2.49. The molecule has 0 saturated carbocycles. The van der Waals surface area contributed by atoms with Gasteiger partial charge in [0.15, 0.2) is 0 Å². The molecule has 3 rings (SSSR count). The minimum Gasteiger partial charge on any atom is -0.497 e. The number of ether oxygens (including phenoxy) is 1. The van der Waals surface area contributed by atoms with Crippen molar-refractivity contribution < 1.29 is 9.53 Å². The number of hydrogen-bond acceptors (Lipinski definition) is 4. The Morgan fingerprint density at radius 1 is 1.08 bits per heavy atom. The number of rotatable bonds is 5. The molecule has 5 heteroatoms. The van der Waals surface area contributed by atoms with Gasteiger partial charge in [-0.25, -0.2) is 0 Å². The van der Waals surface area contributed by atoms with Gasteiger partial charge in [-0.15, -0.1) is 0 Å². The summed E-state index contributed by atoms with van der Waals surface area (Å²) in [4.78, 5) is 20.1.